The number of ether oxygens (including phenoxy) is 1. The lowest BCUT2D eigenvalue weighted by Gasteiger charge is -2.47. The predicted molar refractivity (Wildman–Crippen MR) is 97.8 cm³/mol. The van der Waals surface area contributed by atoms with Gasteiger partial charge in [-0.3, -0.25) is 14.7 Å². The van der Waals surface area contributed by atoms with Gasteiger partial charge in [-0.1, -0.05) is 0 Å². The van der Waals surface area contributed by atoms with Gasteiger partial charge >= 0.3 is 0 Å². The second kappa shape index (κ2) is 7.23. The monoisotopic (exact) mass is 357 g/mol. The van der Waals surface area contributed by atoms with Crippen LogP contribution in [0.5, 0.6) is 0 Å². The van der Waals surface area contributed by atoms with Crippen LogP contribution in [0.15, 0.2) is 36.7 Å². The van der Waals surface area contributed by atoms with Crippen molar-refractivity contribution in [2.45, 2.75) is 32.0 Å². The van der Waals surface area contributed by atoms with E-state index in [0.29, 0.717) is 18.7 Å². The molecule has 2 aromatic rings. The molecular weight excluding hydrogens is 334 g/mol. The minimum Gasteiger partial charge on any atom is -0.374 e. The highest BCUT2D eigenvalue weighted by atomic mass is 32.1. The number of hydrogen-bond acceptors (Lipinski definition) is 5. The van der Waals surface area contributed by atoms with Gasteiger partial charge in [-0.25, -0.2) is 0 Å². The van der Waals surface area contributed by atoms with E-state index in [-0.39, 0.29) is 18.1 Å². The highest BCUT2D eigenvalue weighted by molar-refractivity contribution is 7.11. The molecule has 132 valence electrons. The van der Waals surface area contributed by atoms with E-state index < -0.39 is 0 Å². The Labute approximate surface area is 152 Å². The summed E-state index contributed by atoms with van der Waals surface area (Å²) >= 11 is 1.85. The first kappa shape index (κ1) is 16.7. The lowest BCUT2D eigenvalue weighted by molar-refractivity contribution is -0.0913. The van der Waals surface area contributed by atoms with Gasteiger partial charge in [-0.2, -0.15) is 0 Å². The number of nitrogens with zero attached hydrogens (tertiary/aromatic N) is 3. The summed E-state index contributed by atoms with van der Waals surface area (Å²) in [6.07, 6.45) is 4.49. The zero-order chi connectivity index (χ0) is 17.2. The van der Waals surface area contributed by atoms with Crippen molar-refractivity contribution in [3.05, 3.63) is 52.0 Å². The molecule has 2 aliphatic heterocycles. The van der Waals surface area contributed by atoms with Crippen molar-refractivity contribution < 1.29 is 9.53 Å². The Hall–Kier alpha value is -1.76. The molecule has 4 heterocycles. The van der Waals surface area contributed by atoms with Crippen molar-refractivity contribution in [2.75, 3.05) is 26.2 Å². The fraction of sp³-hybridized carbons (Fsp3) is 0.474. The largest absolute Gasteiger partial charge is 0.374 e. The van der Waals surface area contributed by atoms with Gasteiger partial charge in [-0.15, -0.1) is 11.3 Å². The van der Waals surface area contributed by atoms with Crippen LogP contribution in [0, 0.1) is 6.92 Å². The molecule has 0 aliphatic carbocycles. The topological polar surface area (TPSA) is 45.7 Å². The number of carbonyl (C=O) groups is 1. The summed E-state index contributed by atoms with van der Waals surface area (Å²) < 4.78 is 5.97. The van der Waals surface area contributed by atoms with Crippen molar-refractivity contribution in [3.63, 3.8) is 0 Å². The van der Waals surface area contributed by atoms with E-state index in [1.807, 2.05) is 16.2 Å². The van der Waals surface area contributed by atoms with Crippen LogP contribution in [0.25, 0.3) is 0 Å². The molecule has 0 spiro atoms. The number of aryl methyl sites for hydroxylation is 1. The van der Waals surface area contributed by atoms with E-state index in [0.717, 1.165) is 26.1 Å². The molecule has 2 saturated heterocycles. The number of piperidine rings is 1. The standard InChI is InChI=1S/C19H23N3O2S/c1-14-2-3-16(25-14)12-21-9-6-18-17(13-21)22(10-11-24-18)19(23)15-4-7-20-8-5-15/h2-5,7-8,17-18H,6,9-13H2,1H3/t17-,18-/m0/s1. The predicted octanol–water partition coefficient (Wildman–Crippen LogP) is 2.57. The van der Waals surface area contributed by atoms with Crippen LogP contribution in [0.4, 0.5) is 0 Å². The molecule has 0 bridgehead atoms. The average molecular weight is 357 g/mol. The molecular formula is C19H23N3O2S. The molecule has 0 aromatic carbocycles. The van der Waals surface area contributed by atoms with E-state index in [9.17, 15) is 4.79 Å². The molecule has 0 N–H and O–H groups in total. The molecule has 0 unspecified atom stereocenters. The normalized spacial score (nSPS) is 24.1. The first-order valence-corrected chi connectivity index (χ1v) is 9.62. The summed E-state index contributed by atoms with van der Waals surface area (Å²) in [6, 6.07) is 8.10. The molecule has 5 nitrogen and oxygen atoms in total. The van der Waals surface area contributed by atoms with E-state index in [1.165, 1.54) is 9.75 Å². The lowest BCUT2D eigenvalue weighted by atomic mass is 9.97. The van der Waals surface area contributed by atoms with Crippen LogP contribution in [-0.4, -0.2) is 59.1 Å². The molecule has 2 atom stereocenters. The zero-order valence-corrected chi connectivity index (χ0v) is 15.2. The van der Waals surface area contributed by atoms with Gasteiger partial charge < -0.3 is 9.64 Å². The first-order valence-electron chi connectivity index (χ1n) is 8.81. The molecule has 0 saturated carbocycles. The summed E-state index contributed by atoms with van der Waals surface area (Å²) in [6.45, 7) is 6.29. The number of thiophene rings is 1. The quantitative estimate of drug-likeness (QED) is 0.847. The third kappa shape index (κ3) is 3.61. The minimum atomic E-state index is 0.0921. The summed E-state index contributed by atoms with van der Waals surface area (Å²) in [5, 5.41) is 0. The Morgan fingerprint density at radius 3 is 2.88 bits per heavy atom. The summed E-state index contributed by atoms with van der Waals surface area (Å²) in [5.41, 5.74) is 0.710. The fourth-order valence-electron chi connectivity index (χ4n) is 3.78. The summed E-state index contributed by atoms with van der Waals surface area (Å²) in [7, 11) is 0. The van der Waals surface area contributed by atoms with E-state index in [2.05, 4.69) is 28.9 Å². The van der Waals surface area contributed by atoms with E-state index in [4.69, 9.17) is 4.74 Å². The Kier molecular flexibility index (Phi) is 4.83. The van der Waals surface area contributed by atoms with Crippen LogP contribution in [0.1, 0.15) is 26.5 Å². The maximum Gasteiger partial charge on any atom is 0.254 e. The Bertz CT molecular complexity index is 733. The van der Waals surface area contributed by atoms with Crippen molar-refractivity contribution in [2.24, 2.45) is 0 Å². The molecule has 4 rings (SSSR count). The smallest absolute Gasteiger partial charge is 0.254 e. The van der Waals surface area contributed by atoms with Crippen LogP contribution in [0.3, 0.4) is 0 Å². The second-order valence-corrected chi connectivity index (χ2v) is 8.12. The van der Waals surface area contributed by atoms with Crippen molar-refractivity contribution in [1.29, 1.82) is 0 Å². The summed E-state index contributed by atoms with van der Waals surface area (Å²) in [4.78, 5) is 24.2. The van der Waals surface area contributed by atoms with Crippen LogP contribution in [-0.2, 0) is 11.3 Å². The highest BCUT2D eigenvalue weighted by Crippen LogP contribution is 2.26. The van der Waals surface area contributed by atoms with Crippen LogP contribution < -0.4 is 0 Å². The highest BCUT2D eigenvalue weighted by Gasteiger charge is 2.39. The molecule has 0 radical (unpaired) electrons. The number of hydrogen-bond donors (Lipinski definition) is 0. The van der Waals surface area contributed by atoms with Gasteiger partial charge in [0.25, 0.3) is 5.91 Å². The van der Waals surface area contributed by atoms with Gasteiger partial charge in [0, 0.05) is 53.9 Å². The molecule has 6 heteroatoms. The van der Waals surface area contributed by atoms with E-state index >= 15 is 0 Å². The van der Waals surface area contributed by atoms with Gasteiger partial charge in [0.05, 0.1) is 18.8 Å². The Balaban J connectivity index is 1.48. The number of aromatic nitrogens is 1. The van der Waals surface area contributed by atoms with Gasteiger partial charge in [0.15, 0.2) is 0 Å². The fourth-order valence-corrected chi connectivity index (χ4v) is 4.72. The molecule has 2 fully saturated rings. The van der Waals surface area contributed by atoms with Crippen molar-refractivity contribution in [1.82, 2.24) is 14.8 Å². The Morgan fingerprint density at radius 2 is 2.12 bits per heavy atom. The first-order chi connectivity index (χ1) is 12.2. The molecule has 2 aliphatic rings. The molecule has 2 aromatic heterocycles. The van der Waals surface area contributed by atoms with Gasteiger partial charge in [0.1, 0.15) is 0 Å². The van der Waals surface area contributed by atoms with Gasteiger partial charge in [-0.05, 0) is 37.6 Å². The number of morpholine rings is 1. The second-order valence-electron chi connectivity index (χ2n) is 6.75. The third-order valence-electron chi connectivity index (χ3n) is 5.03. The van der Waals surface area contributed by atoms with E-state index in [1.54, 1.807) is 24.5 Å². The molecule has 25 heavy (non-hydrogen) atoms. The number of pyridine rings is 1. The van der Waals surface area contributed by atoms with Crippen molar-refractivity contribution >= 4 is 17.2 Å². The summed E-state index contributed by atoms with van der Waals surface area (Å²) in [5.74, 6) is 0.0921. The maximum atomic E-state index is 12.9. The van der Waals surface area contributed by atoms with Crippen LogP contribution in [0.2, 0.25) is 0 Å². The number of carbonyl (C=O) groups excluding carboxylic acids is 1. The van der Waals surface area contributed by atoms with Crippen LogP contribution >= 0.6 is 11.3 Å². The lowest BCUT2D eigenvalue weighted by Crippen LogP contribution is -2.61. The maximum absolute atomic E-state index is 12.9. The number of likely N-dealkylation sites (tertiary alicyclic amines) is 1. The Morgan fingerprint density at radius 1 is 1.28 bits per heavy atom. The minimum absolute atomic E-state index is 0.0921. The average Bonchev–Trinajstić information content (AvgIpc) is 3.06. The number of amides is 1. The van der Waals surface area contributed by atoms with Gasteiger partial charge in [0.2, 0.25) is 0 Å². The number of rotatable bonds is 3. The van der Waals surface area contributed by atoms with Crippen molar-refractivity contribution in [3.8, 4) is 0 Å². The SMILES string of the molecule is Cc1ccc(CN2CC[C@@H]3OCCN(C(=O)c4ccncc4)[C@H]3C2)s1. The molecule has 1 amide bonds. The number of fused-ring (bicyclic) bond motifs is 1. The third-order valence-corrected chi connectivity index (χ3v) is 6.02. The zero-order valence-electron chi connectivity index (χ0n) is 14.4.